The summed E-state index contributed by atoms with van der Waals surface area (Å²) in [6, 6.07) is 10.8. The molecular weight excluding hydrogens is 347 g/mol. The van der Waals surface area contributed by atoms with Gasteiger partial charge in [-0.2, -0.15) is 0 Å². The van der Waals surface area contributed by atoms with E-state index in [4.69, 9.17) is 4.42 Å². The Hall–Kier alpha value is -2.90. The second-order valence-electron chi connectivity index (χ2n) is 5.05. The number of alkyl halides is 5. The molecule has 0 aliphatic carbocycles. The molecule has 0 bridgehead atoms. The lowest BCUT2D eigenvalue weighted by Crippen LogP contribution is -2.17. The maximum atomic E-state index is 13.4. The number of benzene rings is 2. The van der Waals surface area contributed by atoms with Gasteiger partial charge in [0.15, 0.2) is 0 Å². The van der Waals surface area contributed by atoms with Gasteiger partial charge in [0, 0.05) is 17.0 Å². The minimum absolute atomic E-state index is 0.0793. The standard InChI is InChI=1S/C17H9F5O3/c18-15(19)14-13(9-4-2-1-3-5-9)11-7-6-10(25-17(20,21)22)8-12(11)24-16(14)23/h1-8,15H. The maximum absolute atomic E-state index is 13.4. The van der Waals surface area contributed by atoms with E-state index < -0.39 is 29.7 Å². The predicted molar refractivity (Wildman–Crippen MR) is 79.6 cm³/mol. The van der Waals surface area contributed by atoms with Crippen LogP contribution in [0.4, 0.5) is 22.0 Å². The molecule has 8 heteroatoms. The van der Waals surface area contributed by atoms with Gasteiger partial charge in [-0.25, -0.2) is 13.6 Å². The molecule has 3 nitrogen and oxygen atoms in total. The molecule has 0 amide bonds. The molecule has 0 saturated carbocycles. The third-order valence-electron chi connectivity index (χ3n) is 3.43. The molecule has 0 saturated heterocycles. The van der Waals surface area contributed by atoms with E-state index in [9.17, 15) is 26.7 Å². The lowest BCUT2D eigenvalue weighted by Gasteiger charge is -2.13. The van der Waals surface area contributed by atoms with Crippen LogP contribution >= 0.6 is 0 Å². The summed E-state index contributed by atoms with van der Waals surface area (Å²) in [5.74, 6) is -0.619. The normalized spacial score (nSPS) is 11.9. The van der Waals surface area contributed by atoms with E-state index in [1.54, 1.807) is 18.2 Å². The maximum Gasteiger partial charge on any atom is 0.573 e. The van der Waals surface area contributed by atoms with Gasteiger partial charge in [0.1, 0.15) is 16.9 Å². The van der Waals surface area contributed by atoms with Crippen molar-refractivity contribution in [3.05, 3.63) is 64.5 Å². The SMILES string of the molecule is O=c1oc2cc(OC(F)(F)F)ccc2c(-c2ccccc2)c1C(F)F. The topological polar surface area (TPSA) is 39.4 Å². The molecule has 3 aromatic rings. The van der Waals surface area contributed by atoms with Crippen LogP contribution in [0.15, 0.2) is 57.7 Å². The monoisotopic (exact) mass is 356 g/mol. The van der Waals surface area contributed by atoms with Gasteiger partial charge in [0.2, 0.25) is 0 Å². The predicted octanol–water partition coefficient (Wildman–Crippen LogP) is 5.30. The Labute approximate surface area is 137 Å². The van der Waals surface area contributed by atoms with Crippen LogP contribution in [0.25, 0.3) is 22.1 Å². The van der Waals surface area contributed by atoms with Gasteiger partial charge in [-0.15, -0.1) is 13.2 Å². The van der Waals surface area contributed by atoms with Gasteiger partial charge in [-0.1, -0.05) is 30.3 Å². The molecule has 1 heterocycles. The average Bonchev–Trinajstić information content (AvgIpc) is 2.52. The minimum Gasteiger partial charge on any atom is -0.422 e. The summed E-state index contributed by atoms with van der Waals surface area (Å²) in [5, 5.41) is 0.0793. The lowest BCUT2D eigenvalue weighted by atomic mass is 9.97. The summed E-state index contributed by atoms with van der Waals surface area (Å²) >= 11 is 0. The number of ether oxygens (including phenoxy) is 1. The molecule has 0 fully saturated rings. The van der Waals surface area contributed by atoms with E-state index in [1.807, 2.05) is 0 Å². The highest BCUT2D eigenvalue weighted by molar-refractivity contribution is 5.95. The Morgan fingerprint density at radius 1 is 1.00 bits per heavy atom. The smallest absolute Gasteiger partial charge is 0.422 e. The number of halogens is 5. The number of fused-ring (bicyclic) bond motifs is 1. The fraction of sp³-hybridized carbons (Fsp3) is 0.118. The van der Waals surface area contributed by atoms with Crippen LogP contribution in [0.2, 0.25) is 0 Å². The third kappa shape index (κ3) is 3.47. The molecule has 0 unspecified atom stereocenters. The third-order valence-corrected chi connectivity index (χ3v) is 3.43. The number of rotatable bonds is 3. The van der Waals surface area contributed by atoms with Crippen molar-refractivity contribution in [3.63, 3.8) is 0 Å². The van der Waals surface area contributed by atoms with E-state index in [0.29, 0.717) is 5.56 Å². The highest BCUT2D eigenvalue weighted by atomic mass is 19.4. The molecule has 2 aromatic carbocycles. The number of hydrogen-bond donors (Lipinski definition) is 0. The Morgan fingerprint density at radius 2 is 1.68 bits per heavy atom. The van der Waals surface area contributed by atoms with E-state index in [-0.39, 0.29) is 16.5 Å². The van der Waals surface area contributed by atoms with Crippen molar-refractivity contribution in [2.24, 2.45) is 0 Å². The highest BCUT2D eigenvalue weighted by Crippen LogP contribution is 2.36. The van der Waals surface area contributed by atoms with Crippen molar-refractivity contribution in [2.75, 3.05) is 0 Å². The first-order valence-electron chi connectivity index (χ1n) is 6.96. The van der Waals surface area contributed by atoms with Crippen LogP contribution in [-0.2, 0) is 0 Å². The van der Waals surface area contributed by atoms with Crippen molar-refractivity contribution >= 4 is 11.0 Å². The van der Waals surface area contributed by atoms with Crippen LogP contribution in [0.3, 0.4) is 0 Å². The summed E-state index contributed by atoms with van der Waals surface area (Å²) in [7, 11) is 0. The summed E-state index contributed by atoms with van der Waals surface area (Å²) in [4.78, 5) is 12.0. The Kier molecular flexibility index (Phi) is 4.20. The summed E-state index contributed by atoms with van der Waals surface area (Å²) in [5.41, 5.74) is -2.20. The van der Waals surface area contributed by atoms with Crippen molar-refractivity contribution < 1.29 is 31.1 Å². The molecule has 0 atom stereocenters. The summed E-state index contributed by atoms with van der Waals surface area (Å²) in [6.45, 7) is 0. The number of hydrogen-bond acceptors (Lipinski definition) is 3. The molecule has 130 valence electrons. The van der Waals surface area contributed by atoms with E-state index >= 15 is 0 Å². The fourth-order valence-corrected chi connectivity index (χ4v) is 2.51. The van der Waals surface area contributed by atoms with Gasteiger partial charge >= 0.3 is 12.0 Å². The van der Waals surface area contributed by atoms with Crippen LogP contribution < -0.4 is 10.4 Å². The molecule has 25 heavy (non-hydrogen) atoms. The van der Waals surface area contributed by atoms with Crippen molar-refractivity contribution in [2.45, 2.75) is 12.8 Å². The summed E-state index contributed by atoms with van der Waals surface area (Å²) < 4.78 is 72.3. The van der Waals surface area contributed by atoms with Gasteiger partial charge in [0.05, 0.1) is 0 Å². The van der Waals surface area contributed by atoms with Crippen molar-refractivity contribution in [3.8, 4) is 16.9 Å². The highest BCUT2D eigenvalue weighted by Gasteiger charge is 2.31. The van der Waals surface area contributed by atoms with Gasteiger partial charge in [-0.05, 0) is 17.7 Å². The van der Waals surface area contributed by atoms with E-state index in [0.717, 1.165) is 18.2 Å². The van der Waals surface area contributed by atoms with Crippen LogP contribution in [0.1, 0.15) is 12.0 Å². The molecule has 0 aliphatic heterocycles. The van der Waals surface area contributed by atoms with Crippen LogP contribution in [0, 0.1) is 0 Å². The van der Waals surface area contributed by atoms with E-state index in [2.05, 4.69) is 4.74 Å². The largest absolute Gasteiger partial charge is 0.573 e. The first kappa shape index (κ1) is 16.9. The van der Waals surface area contributed by atoms with Crippen LogP contribution in [-0.4, -0.2) is 6.36 Å². The second-order valence-corrected chi connectivity index (χ2v) is 5.05. The Bertz CT molecular complexity index is 962. The zero-order valence-corrected chi connectivity index (χ0v) is 12.3. The average molecular weight is 356 g/mol. The van der Waals surface area contributed by atoms with Gasteiger partial charge in [0.25, 0.3) is 6.43 Å². The molecule has 0 aliphatic rings. The lowest BCUT2D eigenvalue weighted by molar-refractivity contribution is -0.274. The van der Waals surface area contributed by atoms with Gasteiger partial charge < -0.3 is 9.15 Å². The molecule has 1 aromatic heterocycles. The second kappa shape index (κ2) is 6.19. The Morgan fingerprint density at radius 3 is 2.28 bits per heavy atom. The van der Waals surface area contributed by atoms with E-state index in [1.165, 1.54) is 12.1 Å². The minimum atomic E-state index is -4.93. The molecule has 3 rings (SSSR count). The fourth-order valence-electron chi connectivity index (χ4n) is 2.51. The first-order valence-corrected chi connectivity index (χ1v) is 6.96. The molecule has 0 spiro atoms. The van der Waals surface area contributed by atoms with Crippen molar-refractivity contribution in [1.82, 2.24) is 0 Å². The Balaban J connectivity index is 2.30. The van der Waals surface area contributed by atoms with Gasteiger partial charge in [-0.3, -0.25) is 0 Å². The van der Waals surface area contributed by atoms with Crippen molar-refractivity contribution in [1.29, 1.82) is 0 Å². The van der Waals surface area contributed by atoms with Crippen LogP contribution in [0.5, 0.6) is 5.75 Å². The molecule has 0 radical (unpaired) electrons. The quantitative estimate of drug-likeness (QED) is 0.472. The zero-order chi connectivity index (χ0) is 18.2. The first-order chi connectivity index (χ1) is 11.8. The zero-order valence-electron chi connectivity index (χ0n) is 12.3. The summed E-state index contributed by atoms with van der Waals surface area (Å²) in [6.07, 6.45) is -8.04. The molecular formula is C17H9F5O3. The molecule has 0 N–H and O–H groups in total.